The van der Waals surface area contributed by atoms with Gasteiger partial charge < -0.3 is 10.6 Å². The number of rotatable bonds is 2. The van der Waals surface area contributed by atoms with Crippen molar-refractivity contribution in [1.29, 1.82) is 0 Å². The maximum atomic E-state index is 12.6. The highest BCUT2D eigenvalue weighted by Crippen LogP contribution is 2.21. The van der Waals surface area contributed by atoms with Crippen LogP contribution in [-0.4, -0.2) is 50.2 Å². The molecule has 0 unspecified atom stereocenters. The van der Waals surface area contributed by atoms with E-state index < -0.39 is 10.0 Å². The van der Waals surface area contributed by atoms with E-state index in [4.69, 9.17) is 5.73 Å². The van der Waals surface area contributed by atoms with Crippen molar-refractivity contribution in [2.75, 3.05) is 32.4 Å². The van der Waals surface area contributed by atoms with Gasteiger partial charge in [0.15, 0.2) is 0 Å². The quantitative estimate of drug-likeness (QED) is 0.802. The van der Waals surface area contributed by atoms with Crippen molar-refractivity contribution in [2.24, 2.45) is 0 Å². The molecular formula is C13H19N3O3S. The second-order valence-corrected chi connectivity index (χ2v) is 6.96. The second-order valence-electron chi connectivity index (χ2n) is 5.03. The molecule has 2 rings (SSSR count). The summed E-state index contributed by atoms with van der Waals surface area (Å²) in [6.07, 6.45) is 0.634. The zero-order valence-electron chi connectivity index (χ0n) is 11.7. The summed E-state index contributed by atoms with van der Waals surface area (Å²) >= 11 is 0. The number of carbonyl (C=O) groups excluding carboxylic acids is 1. The third-order valence-corrected chi connectivity index (χ3v) is 5.36. The molecule has 0 spiro atoms. The van der Waals surface area contributed by atoms with Crippen LogP contribution in [0.15, 0.2) is 23.1 Å². The Labute approximate surface area is 119 Å². The lowest BCUT2D eigenvalue weighted by Crippen LogP contribution is -2.38. The maximum absolute atomic E-state index is 12.6. The fourth-order valence-electron chi connectivity index (χ4n) is 2.12. The molecule has 7 heteroatoms. The van der Waals surface area contributed by atoms with Crippen LogP contribution in [0.2, 0.25) is 0 Å². The van der Waals surface area contributed by atoms with E-state index in [0.29, 0.717) is 30.8 Å². The molecule has 0 bridgehead atoms. The molecule has 1 aliphatic heterocycles. The molecule has 2 N–H and O–H groups in total. The standard InChI is InChI=1S/C13H19N3O3S/c1-10-8-11(4-5-12(10)14)20(18,19)16-7-3-6-15(2)13(17)9-16/h4-5,8H,3,6-7,9,14H2,1-2H3. The zero-order valence-corrected chi connectivity index (χ0v) is 12.5. The van der Waals surface area contributed by atoms with Gasteiger partial charge in [0.05, 0.1) is 11.4 Å². The summed E-state index contributed by atoms with van der Waals surface area (Å²) in [4.78, 5) is 13.6. The third-order valence-electron chi connectivity index (χ3n) is 3.52. The van der Waals surface area contributed by atoms with Gasteiger partial charge in [-0.15, -0.1) is 0 Å². The molecule has 0 radical (unpaired) electrons. The van der Waals surface area contributed by atoms with Crippen molar-refractivity contribution >= 4 is 21.6 Å². The van der Waals surface area contributed by atoms with Gasteiger partial charge in [0.1, 0.15) is 0 Å². The fraction of sp³-hybridized carbons (Fsp3) is 0.462. The van der Waals surface area contributed by atoms with Gasteiger partial charge in [0.2, 0.25) is 15.9 Å². The number of hydrogen-bond donors (Lipinski definition) is 1. The zero-order chi connectivity index (χ0) is 14.9. The highest BCUT2D eigenvalue weighted by atomic mass is 32.2. The van der Waals surface area contributed by atoms with Crippen molar-refractivity contribution < 1.29 is 13.2 Å². The Hall–Kier alpha value is -1.60. The number of likely N-dealkylation sites (N-methyl/N-ethyl adjacent to an activating group) is 1. The van der Waals surface area contributed by atoms with Gasteiger partial charge in [0.25, 0.3) is 0 Å². The Balaban J connectivity index is 2.34. The first-order valence-electron chi connectivity index (χ1n) is 6.42. The molecule has 1 aliphatic rings. The van der Waals surface area contributed by atoms with Crippen LogP contribution in [0.1, 0.15) is 12.0 Å². The Bertz CT molecular complexity index is 628. The Morgan fingerprint density at radius 1 is 1.25 bits per heavy atom. The molecule has 0 aromatic heterocycles. The number of anilines is 1. The molecule has 1 heterocycles. The number of aryl methyl sites for hydroxylation is 1. The second kappa shape index (κ2) is 5.41. The van der Waals surface area contributed by atoms with Crippen molar-refractivity contribution in [3.05, 3.63) is 23.8 Å². The number of nitrogen functional groups attached to an aromatic ring is 1. The Morgan fingerprint density at radius 3 is 2.60 bits per heavy atom. The number of hydrogen-bond acceptors (Lipinski definition) is 4. The third kappa shape index (κ3) is 2.78. The minimum atomic E-state index is -3.65. The molecule has 1 aromatic carbocycles. The number of benzene rings is 1. The molecule has 0 saturated carbocycles. The van der Waals surface area contributed by atoms with Crippen LogP contribution in [0, 0.1) is 6.92 Å². The first-order chi connectivity index (χ1) is 9.32. The van der Waals surface area contributed by atoms with E-state index in [1.807, 2.05) is 0 Å². The molecule has 20 heavy (non-hydrogen) atoms. The van der Waals surface area contributed by atoms with E-state index in [-0.39, 0.29) is 17.3 Å². The van der Waals surface area contributed by atoms with Crippen LogP contribution in [0.5, 0.6) is 0 Å². The van der Waals surface area contributed by atoms with Crippen LogP contribution >= 0.6 is 0 Å². The van der Waals surface area contributed by atoms with Crippen molar-refractivity contribution in [2.45, 2.75) is 18.2 Å². The summed E-state index contributed by atoms with van der Waals surface area (Å²) in [5, 5.41) is 0. The van der Waals surface area contributed by atoms with E-state index in [1.54, 1.807) is 31.0 Å². The van der Waals surface area contributed by atoms with Crippen LogP contribution in [-0.2, 0) is 14.8 Å². The summed E-state index contributed by atoms with van der Waals surface area (Å²) in [6, 6.07) is 4.61. The largest absolute Gasteiger partial charge is 0.399 e. The monoisotopic (exact) mass is 297 g/mol. The lowest BCUT2D eigenvalue weighted by atomic mass is 10.2. The van der Waals surface area contributed by atoms with Crippen molar-refractivity contribution in [1.82, 2.24) is 9.21 Å². The topological polar surface area (TPSA) is 83.7 Å². The van der Waals surface area contributed by atoms with Gasteiger partial charge >= 0.3 is 0 Å². The molecule has 1 amide bonds. The predicted molar refractivity (Wildman–Crippen MR) is 76.6 cm³/mol. The van der Waals surface area contributed by atoms with E-state index in [0.717, 1.165) is 0 Å². The lowest BCUT2D eigenvalue weighted by molar-refractivity contribution is -0.129. The van der Waals surface area contributed by atoms with Crippen LogP contribution in [0.3, 0.4) is 0 Å². The van der Waals surface area contributed by atoms with Gasteiger partial charge in [-0.1, -0.05) is 0 Å². The summed E-state index contributed by atoms with van der Waals surface area (Å²) in [7, 11) is -1.96. The van der Waals surface area contributed by atoms with Gasteiger partial charge in [-0.25, -0.2) is 8.42 Å². The summed E-state index contributed by atoms with van der Waals surface area (Å²) in [5.74, 6) is -0.182. The average molecular weight is 297 g/mol. The van der Waals surface area contributed by atoms with Gasteiger partial charge in [-0.05, 0) is 37.1 Å². The van der Waals surface area contributed by atoms with Crippen LogP contribution in [0.4, 0.5) is 5.69 Å². The maximum Gasteiger partial charge on any atom is 0.243 e. The summed E-state index contributed by atoms with van der Waals surface area (Å²) in [5.41, 5.74) is 6.97. The lowest BCUT2D eigenvalue weighted by Gasteiger charge is -2.20. The van der Waals surface area contributed by atoms with Crippen LogP contribution < -0.4 is 5.73 Å². The Kier molecular flexibility index (Phi) is 4.01. The molecule has 1 fully saturated rings. The number of carbonyl (C=O) groups is 1. The van der Waals surface area contributed by atoms with E-state index in [9.17, 15) is 13.2 Å². The highest BCUT2D eigenvalue weighted by Gasteiger charge is 2.29. The predicted octanol–water partition coefficient (Wildman–Crippen LogP) is 0.430. The minimum Gasteiger partial charge on any atom is -0.399 e. The smallest absolute Gasteiger partial charge is 0.243 e. The van der Waals surface area contributed by atoms with E-state index >= 15 is 0 Å². The minimum absolute atomic E-state index is 0.109. The first-order valence-corrected chi connectivity index (χ1v) is 7.86. The average Bonchev–Trinajstić information content (AvgIpc) is 2.56. The molecule has 6 nitrogen and oxygen atoms in total. The fourth-order valence-corrected chi connectivity index (χ4v) is 3.64. The SMILES string of the molecule is Cc1cc(S(=O)(=O)N2CCCN(C)C(=O)C2)ccc1N. The number of nitrogens with two attached hydrogens (primary N) is 1. The number of nitrogens with zero attached hydrogens (tertiary/aromatic N) is 2. The highest BCUT2D eigenvalue weighted by molar-refractivity contribution is 7.89. The Morgan fingerprint density at radius 2 is 1.95 bits per heavy atom. The molecule has 1 aromatic rings. The first kappa shape index (κ1) is 14.8. The van der Waals surface area contributed by atoms with Gasteiger partial charge in [-0.2, -0.15) is 4.31 Å². The number of amides is 1. The van der Waals surface area contributed by atoms with E-state index in [1.165, 1.54) is 10.4 Å². The van der Waals surface area contributed by atoms with Crippen molar-refractivity contribution in [3.63, 3.8) is 0 Å². The van der Waals surface area contributed by atoms with Crippen LogP contribution in [0.25, 0.3) is 0 Å². The normalized spacial score (nSPS) is 18.1. The van der Waals surface area contributed by atoms with Gasteiger partial charge in [0, 0.05) is 25.8 Å². The molecule has 110 valence electrons. The number of sulfonamides is 1. The summed E-state index contributed by atoms with van der Waals surface area (Å²) in [6.45, 7) is 2.57. The molecular weight excluding hydrogens is 278 g/mol. The molecule has 0 atom stereocenters. The van der Waals surface area contributed by atoms with E-state index in [2.05, 4.69) is 0 Å². The summed E-state index contributed by atoms with van der Waals surface area (Å²) < 4.78 is 26.4. The molecule has 0 aliphatic carbocycles. The van der Waals surface area contributed by atoms with Crippen molar-refractivity contribution in [3.8, 4) is 0 Å². The van der Waals surface area contributed by atoms with Gasteiger partial charge in [-0.3, -0.25) is 4.79 Å². The molecule has 1 saturated heterocycles.